The Morgan fingerprint density at radius 1 is 0.286 bits per heavy atom. The average molecular weight is 625 g/mol. The third kappa shape index (κ3) is 14.9. The molecule has 0 N–H and O–H groups in total. The Morgan fingerprint density at radius 3 is 0.452 bits per heavy atom. The van der Waals surface area contributed by atoms with Gasteiger partial charge in [0.15, 0.2) is 0 Å². The number of hydrogen-bond acceptors (Lipinski definition) is 16. The van der Waals surface area contributed by atoms with Crippen LogP contribution in [0.15, 0.2) is 101 Å². The van der Waals surface area contributed by atoms with Crippen molar-refractivity contribution in [1.29, 1.82) is 0 Å². The maximum absolute atomic E-state index is 11.3. The highest BCUT2D eigenvalue weighted by atomic mass is 28.4. The molecule has 0 saturated heterocycles. The van der Waals surface area contributed by atoms with E-state index in [0.717, 1.165) is 0 Å². The molecular formula is C24H24O16Si2. The second-order valence-electron chi connectivity index (χ2n) is 6.00. The van der Waals surface area contributed by atoms with Gasteiger partial charge in [-0.05, 0) is 0 Å². The fourth-order valence-electron chi connectivity index (χ4n) is 1.57. The number of hydrogen-bond donors (Lipinski definition) is 0. The first-order chi connectivity index (χ1) is 19.6. The molecule has 42 heavy (non-hydrogen) atoms. The highest BCUT2D eigenvalue weighted by Gasteiger charge is 2.63. The Bertz CT molecular complexity index is 920. The van der Waals surface area contributed by atoms with E-state index in [2.05, 4.69) is 88.0 Å². The van der Waals surface area contributed by atoms with E-state index in [1.54, 1.807) is 0 Å². The van der Waals surface area contributed by atoms with E-state index in [1.807, 2.05) is 0 Å². The van der Waals surface area contributed by atoms with Gasteiger partial charge < -0.3 is 35.4 Å². The van der Waals surface area contributed by atoms with Gasteiger partial charge in [0.2, 0.25) is 0 Å². The van der Waals surface area contributed by atoms with Crippen molar-refractivity contribution in [2.45, 2.75) is 0 Å². The van der Waals surface area contributed by atoms with E-state index < -0.39 is 65.9 Å². The molecule has 18 heteroatoms. The van der Waals surface area contributed by atoms with Crippen LogP contribution in [0.3, 0.4) is 0 Å². The first-order valence-corrected chi connectivity index (χ1v) is 13.7. The van der Waals surface area contributed by atoms with Crippen LogP contribution < -0.4 is 0 Å². The van der Waals surface area contributed by atoms with Gasteiger partial charge in [-0.25, -0.2) is 38.4 Å². The summed E-state index contributed by atoms with van der Waals surface area (Å²) in [5.41, 5.74) is 0. The van der Waals surface area contributed by atoms with Crippen molar-refractivity contribution in [2.75, 3.05) is 0 Å². The zero-order chi connectivity index (χ0) is 32.9. The first-order valence-electron chi connectivity index (χ1n) is 10.5. The molecule has 0 fully saturated rings. The second kappa shape index (κ2) is 19.2. The topological polar surface area (TPSA) is 210 Å². The Balaban J connectivity index is 0. The highest BCUT2D eigenvalue weighted by molar-refractivity contribution is 6.62. The van der Waals surface area contributed by atoms with Crippen LogP contribution in [0.4, 0.5) is 0 Å². The molecule has 0 atom stereocenters. The standard InChI is InChI=1S/2C12H12O8Si/c2*1-5-9(13)17-21(18-10(14)6-2,19-11(15)7-3)20-12(16)8-4/h2*5-8H,1-4H2. The minimum atomic E-state index is -4.81. The van der Waals surface area contributed by atoms with Crippen LogP contribution in [0.1, 0.15) is 0 Å². The first kappa shape index (κ1) is 38.3. The van der Waals surface area contributed by atoms with Crippen molar-refractivity contribution in [3.8, 4) is 0 Å². The van der Waals surface area contributed by atoms with Crippen LogP contribution in [0.25, 0.3) is 0 Å². The molecule has 0 bridgehead atoms. The number of carbonyl (C=O) groups is 8. The zero-order valence-electron chi connectivity index (χ0n) is 21.8. The van der Waals surface area contributed by atoms with Crippen molar-refractivity contribution in [3.63, 3.8) is 0 Å². The van der Waals surface area contributed by atoms with Crippen molar-refractivity contribution in [1.82, 2.24) is 0 Å². The van der Waals surface area contributed by atoms with E-state index in [4.69, 9.17) is 0 Å². The average Bonchev–Trinajstić information content (AvgIpc) is 2.96. The lowest BCUT2D eigenvalue weighted by Gasteiger charge is -2.22. The number of carbonyl (C=O) groups excluding carboxylic acids is 8. The molecule has 0 aliphatic rings. The SMILES string of the molecule is C=CC(=O)O[Si](OC(=O)C=C)(OC(=O)C=C)OC(=O)C=C.C=CC(=O)O[Si](OC(=O)C=C)(OC(=O)C=C)OC(=O)C=C. The predicted octanol–water partition coefficient (Wildman–Crippen LogP) is 0.678. The van der Waals surface area contributed by atoms with Gasteiger partial charge >= 0.3 is 65.9 Å². The quantitative estimate of drug-likeness (QED) is 0.171. The molecule has 0 aliphatic heterocycles. The minimum absolute atomic E-state index is 0.687. The number of rotatable bonds is 16. The lowest BCUT2D eigenvalue weighted by molar-refractivity contribution is -0.160. The fourth-order valence-corrected chi connectivity index (χ4v) is 4.71. The summed E-state index contributed by atoms with van der Waals surface area (Å²) >= 11 is 0. The van der Waals surface area contributed by atoms with E-state index in [0.29, 0.717) is 48.6 Å². The molecule has 0 heterocycles. The summed E-state index contributed by atoms with van der Waals surface area (Å²) in [6.45, 7) is 24.9. The molecule has 0 radical (unpaired) electrons. The van der Waals surface area contributed by atoms with Crippen molar-refractivity contribution in [3.05, 3.63) is 101 Å². The van der Waals surface area contributed by atoms with E-state index in [-0.39, 0.29) is 0 Å². The predicted molar refractivity (Wildman–Crippen MR) is 142 cm³/mol. The van der Waals surface area contributed by atoms with Gasteiger partial charge in [0.1, 0.15) is 0 Å². The van der Waals surface area contributed by atoms with Crippen molar-refractivity contribution >= 4 is 65.9 Å². The lowest BCUT2D eigenvalue weighted by atomic mass is 10.7. The monoisotopic (exact) mass is 624 g/mol. The minimum Gasteiger partial charge on any atom is -0.419 e. The maximum atomic E-state index is 11.3. The third-order valence-electron chi connectivity index (χ3n) is 3.14. The van der Waals surface area contributed by atoms with Gasteiger partial charge in [0.05, 0.1) is 0 Å². The molecular weight excluding hydrogens is 600 g/mol. The normalized spacial score (nSPS) is 9.52. The van der Waals surface area contributed by atoms with Gasteiger partial charge in [-0.15, -0.1) is 0 Å². The molecule has 0 rings (SSSR count). The summed E-state index contributed by atoms with van der Waals surface area (Å²) in [6, 6.07) is 0. The van der Waals surface area contributed by atoms with Gasteiger partial charge in [0.25, 0.3) is 0 Å². The third-order valence-corrected chi connectivity index (χ3v) is 6.75. The molecule has 0 aromatic rings. The van der Waals surface area contributed by atoms with Gasteiger partial charge in [-0.1, -0.05) is 52.6 Å². The molecule has 0 saturated carbocycles. The summed E-state index contributed by atoms with van der Waals surface area (Å²) in [7, 11) is -9.63. The van der Waals surface area contributed by atoms with E-state index >= 15 is 0 Å². The molecule has 0 spiro atoms. The van der Waals surface area contributed by atoms with Crippen LogP contribution in [0, 0.1) is 0 Å². The molecule has 224 valence electrons. The smallest absolute Gasteiger partial charge is 0.419 e. The molecule has 0 aliphatic carbocycles. The largest absolute Gasteiger partial charge is 0.975 e. The Hall–Kier alpha value is -5.89. The van der Waals surface area contributed by atoms with E-state index in [9.17, 15) is 38.4 Å². The van der Waals surface area contributed by atoms with Crippen LogP contribution in [-0.4, -0.2) is 65.9 Å². The summed E-state index contributed by atoms with van der Waals surface area (Å²) in [4.78, 5) is 90.2. The molecule has 0 unspecified atom stereocenters. The summed E-state index contributed by atoms with van der Waals surface area (Å²) in [5.74, 6) is -9.17. The van der Waals surface area contributed by atoms with E-state index in [1.165, 1.54) is 0 Å². The summed E-state index contributed by atoms with van der Waals surface area (Å²) in [6.07, 6.45) is 5.50. The second-order valence-corrected chi connectivity index (χ2v) is 9.63. The van der Waals surface area contributed by atoms with Gasteiger partial charge in [-0.3, -0.25) is 0 Å². The fraction of sp³-hybridized carbons (Fsp3) is 0. The summed E-state index contributed by atoms with van der Waals surface area (Å²) < 4.78 is 36.9. The van der Waals surface area contributed by atoms with Crippen molar-refractivity contribution < 1.29 is 73.8 Å². The van der Waals surface area contributed by atoms with Crippen LogP contribution in [0.5, 0.6) is 0 Å². The van der Waals surface area contributed by atoms with Gasteiger partial charge in [0, 0.05) is 48.6 Å². The van der Waals surface area contributed by atoms with Crippen LogP contribution in [0.2, 0.25) is 0 Å². The lowest BCUT2D eigenvalue weighted by Crippen LogP contribution is -2.53. The highest BCUT2D eigenvalue weighted by Crippen LogP contribution is 2.16. The summed E-state index contributed by atoms with van der Waals surface area (Å²) in [5, 5.41) is 0. The van der Waals surface area contributed by atoms with Gasteiger partial charge in [-0.2, -0.15) is 0 Å². The molecule has 0 aromatic carbocycles. The molecule has 0 amide bonds. The Morgan fingerprint density at radius 2 is 0.381 bits per heavy atom. The van der Waals surface area contributed by atoms with Crippen LogP contribution >= 0.6 is 0 Å². The Kier molecular flexibility index (Phi) is 17.5. The molecule has 16 nitrogen and oxygen atoms in total. The molecule has 0 aromatic heterocycles. The van der Waals surface area contributed by atoms with Crippen LogP contribution in [-0.2, 0) is 73.8 Å². The maximum Gasteiger partial charge on any atom is 0.975 e. The Labute approximate surface area is 241 Å². The zero-order valence-corrected chi connectivity index (χ0v) is 23.8. The van der Waals surface area contributed by atoms with Crippen molar-refractivity contribution in [2.24, 2.45) is 0 Å².